The van der Waals surface area contributed by atoms with Gasteiger partial charge in [0.15, 0.2) is 10.7 Å². The fourth-order valence-corrected chi connectivity index (χ4v) is 3.36. The van der Waals surface area contributed by atoms with Crippen LogP contribution in [-0.2, 0) is 6.42 Å². The van der Waals surface area contributed by atoms with Crippen LogP contribution in [0.25, 0.3) is 4.96 Å². The van der Waals surface area contributed by atoms with E-state index in [0.29, 0.717) is 5.69 Å². The Balaban J connectivity index is 2.01. The Labute approximate surface area is 115 Å². The SMILES string of the molecule is CC(=O)c1c(C)nc2sc(Cc3ccccc3)cn12. The van der Waals surface area contributed by atoms with Crippen LogP contribution in [0, 0.1) is 6.92 Å². The molecule has 3 nitrogen and oxygen atoms in total. The zero-order valence-corrected chi connectivity index (χ0v) is 11.7. The summed E-state index contributed by atoms with van der Waals surface area (Å²) in [5.41, 5.74) is 2.78. The van der Waals surface area contributed by atoms with Crippen molar-refractivity contribution in [2.75, 3.05) is 0 Å². The molecule has 0 aliphatic carbocycles. The molecule has 0 bridgehead atoms. The van der Waals surface area contributed by atoms with E-state index in [4.69, 9.17) is 0 Å². The second-order valence-corrected chi connectivity index (χ2v) is 5.71. The molecule has 0 N–H and O–H groups in total. The number of hydrogen-bond donors (Lipinski definition) is 0. The van der Waals surface area contributed by atoms with E-state index >= 15 is 0 Å². The van der Waals surface area contributed by atoms with E-state index in [0.717, 1.165) is 17.1 Å². The lowest BCUT2D eigenvalue weighted by atomic mass is 10.1. The van der Waals surface area contributed by atoms with Gasteiger partial charge in [-0.1, -0.05) is 30.3 Å². The van der Waals surface area contributed by atoms with Gasteiger partial charge in [0.05, 0.1) is 5.69 Å². The Morgan fingerprint density at radius 1 is 1.32 bits per heavy atom. The molecule has 1 aromatic carbocycles. The van der Waals surface area contributed by atoms with Crippen molar-refractivity contribution in [3.05, 3.63) is 58.4 Å². The highest BCUT2D eigenvalue weighted by Crippen LogP contribution is 2.23. The van der Waals surface area contributed by atoms with Crippen molar-refractivity contribution in [1.29, 1.82) is 0 Å². The number of aromatic nitrogens is 2. The largest absolute Gasteiger partial charge is 0.293 e. The molecule has 0 unspecified atom stereocenters. The zero-order valence-electron chi connectivity index (χ0n) is 10.9. The summed E-state index contributed by atoms with van der Waals surface area (Å²) < 4.78 is 1.92. The maximum atomic E-state index is 11.7. The quantitative estimate of drug-likeness (QED) is 0.683. The van der Waals surface area contributed by atoms with Crippen molar-refractivity contribution in [3.63, 3.8) is 0 Å². The first kappa shape index (κ1) is 12.1. The first-order chi connectivity index (χ1) is 9.15. The second-order valence-electron chi connectivity index (χ2n) is 4.61. The first-order valence-electron chi connectivity index (χ1n) is 6.17. The molecular weight excluding hydrogens is 256 g/mol. The Morgan fingerprint density at radius 2 is 2.05 bits per heavy atom. The van der Waals surface area contributed by atoms with Gasteiger partial charge in [-0.3, -0.25) is 9.20 Å². The number of hydrogen-bond acceptors (Lipinski definition) is 3. The fourth-order valence-electron chi connectivity index (χ4n) is 2.30. The average molecular weight is 270 g/mol. The van der Waals surface area contributed by atoms with Crippen LogP contribution in [0.3, 0.4) is 0 Å². The molecule has 4 heteroatoms. The highest BCUT2D eigenvalue weighted by Gasteiger charge is 2.15. The van der Waals surface area contributed by atoms with Crippen LogP contribution >= 0.6 is 11.3 Å². The number of thiazole rings is 1. The van der Waals surface area contributed by atoms with E-state index in [1.165, 1.54) is 10.4 Å². The van der Waals surface area contributed by atoms with Gasteiger partial charge in [-0.2, -0.15) is 0 Å². The summed E-state index contributed by atoms with van der Waals surface area (Å²) in [7, 11) is 0. The minimum Gasteiger partial charge on any atom is -0.293 e. The molecule has 0 aliphatic heterocycles. The maximum absolute atomic E-state index is 11.7. The minimum absolute atomic E-state index is 0.0639. The number of Topliss-reactive ketones (excluding diaryl/α,β-unsaturated/α-hetero) is 1. The Hall–Kier alpha value is -1.94. The summed E-state index contributed by atoms with van der Waals surface area (Å²) in [5, 5.41) is 0. The number of nitrogens with zero attached hydrogens (tertiary/aromatic N) is 2. The van der Waals surface area contributed by atoms with Gasteiger partial charge in [-0.15, -0.1) is 11.3 Å². The van der Waals surface area contributed by atoms with Crippen LogP contribution in [0.15, 0.2) is 36.5 Å². The third kappa shape index (κ3) is 2.19. The van der Waals surface area contributed by atoms with Gasteiger partial charge in [0.1, 0.15) is 5.69 Å². The van der Waals surface area contributed by atoms with Gasteiger partial charge in [-0.25, -0.2) is 4.98 Å². The number of benzene rings is 1. The molecule has 2 heterocycles. The van der Waals surface area contributed by atoms with Crippen LogP contribution in [-0.4, -0.2) is 15.2 Å². The van der Waals surface area contributed by atoms with E-state index in [1.54, 1.807) is 18.3 Å². The van der Waals surface area contributed by atoms with E-state index < -0.39 is 0 Å². The molecule has 3 rings (SSSR count). The lowest BCUT2D eigenvalue weighted by molar-refractivity contribution is 0.101. The molecule has 96 valence electrons. The van der Waals surface area contributed by atoms with Crippen LogP contribution < -0.4 is 0 Å². The molecule has 3 aromatic rings. The fraction of sp³-hybridized carbons (Fsp3) is 0.200. The van der Waals surface area contributed by atoms with Crippen LogP contribution in [0.4, 0.5) is 0 Å². The van der Waals surface area contributed by atoms with Crippen molar-refractivity contribution in [3.8, 4) is 0 Å². The standard InChI is InChI=1S/C15H14N2OS/c1-10-14(11(2)18)17-9-13(19-15(17)16-10)8-12-6-4-3-5-7-12/h3-7,9H,8H2,1-2H3. The van der Waals surface area contributed by atoms with Crippen molar-refractivity contribution in [2.45, 2.75) is 20.3 Å². The number of ketones is 1. The second kappa shape index (κ2) is 4.63. The van der Waals surface area contributed by atoms with Gasteiger partial charge in [0.2, 0.25) is 0 Å². The molecule has 0 fully saturated rings. The smallest absolute Gasteiger partial charge is 0.194 e. The van der Waals surface area contributed by atoms with E-state index in [1.807, 2.05) is 35.7 Å². The van der Waals surface area contributed by atoms with Crippen LogP contribution in [0.2, 0.25) is 0 Å². The predicted molar refractivity (Wildman–Crippen MR) is 77.1 cm³/mol. The summed E-state index contributed by atoms with van der Waals surface area (Å²) in [6.07, 6.45) is 2.91. The highest BCUT2D eigenvalue weighted by atomic mass is 32.1. The molecule has 0 atom stereocenters. The number of aryl methyl sites for hydroxylation is 1. The summed E-state index contributed by atoms with van der Waals surface area (Å²) in [6, 6.07) is 10.3. The number of imidazole rings is 1. The summed E-state index contributed by atoms with van der Waals surface area (Å²) in [4.78, 5) is 18.2. The lowest BCUT2D eigenvalue weighted by Gasteiger charge is -1.97. The molecule has 2 aromatic heterocycles. The van der Waals surface area contributed by atoms with Gasteiger partial charge >= 0.3 is 0 Å². The molecule has 0 saturated carbocycles. The van der Waals surface area contributed by atoms with Crippen LogP contribution in [0.5, 0.6) is 0 Å². The molecule has 0 amide bonds. The van der Waals surface area contributed by atoms with Gasteiger partial charge in [-0.05, 0) is 12.5 Å². The highest BCUT2D eigenvalue weighted by molar-refractivity contribution is 7.17. The number of fused-ring (bicyclic) bond motifs is 1. The van der Waals surface area contributed by atoms with Crippen LogP contribution in [0.1, 0.15) is 33.5 Å². The number of rotatable bonds is 3. The molecule has 19 heavy (non-hydrogen) atoms. The van der Waals surface area contributed by atoms with E-state index in [2.05, 4.69) is 17.1 Å². The normalized spacial score (nSPS) is 11.1. The molecule has 0 spiro atoms. The Morgan fingerprint density at radius 3 is 2.74 bits per heavy atom. The Bertz CT molecular complexity index is 740. The van der Waals surface area contributed by atoms with E-state index in [9.17, 15) is 4.79 Å². The number of carbonyl (C=O) groups is 1. The maximum Gasteiger partial charge on any atom is 0.194 e. The average Bonchev–Trinajstić information content (AvgIpc) is 2.85. The van der Waals surface area contributed by atoms with Crippen molar-refractivity contribution >= 4 is 22.1 Å². The molecule has 0 aliphatic rings. The van der Waals surface area contributed by atoms with Gasteiger partial charge < -0.3 is 0 Å². The summed E-state index contributed by atoms with van der Waals surface area (Å²) in [5.74, 6) is 0.0639. The zero-order chi connectivity index (χ0) is 13.4. The minimum atomic E-state index is 0.0639. The lowest BCUT2D eigenvalue weighted by Crippen LogP contribution is -1.99. The summed E-state index contributed by atoms with van der Waals surface area (Å²) in [6.45, 7) is 3.47. The third-order valence-electron chi connectivity index (χ3n) is 3.10. The third-order valence-corrected chi connectivity index (χ3v) is 4.09. The molecule has 0 saturated heterocycles. The molecule has 0 radical (unpaired) electrons. The monoisotopic (exact) mass is 270 g/mol. The molecular formula is C15H14N2OS. The van der Waals surface area contributed by atoms with E-state index in [-0.39, 0.29) is 5.78 Å². The topological polar surface area (TPSA) is 34.4 Å². The van der Waals surface area contributed by atoms with Crippen molar-refractivity contribution < 1.29 is 4.79 Å². The van der Waals surface area contributed by atoms with Gasteiger partial charge in [0.25, 0.3) is 0 Å². The number of carbonyl (C=O) groups excluding carboxylic acids is 1. The summed E-state index contributed by atoms with van der Waals surface area (Å²) >= 11 is 1.64. The predicted octanol–water partition coefficient (Wildman–Crippen LogP) is 3.50. The first-order valence-corrected chi connectivity index (χ1v) is 6.99. The van der Waals surface area contributed by atoms with Crippen molar-refractivity contribution in [1.82, 2.24) is 9.38 Å². The Kier molecular flexibility index (Phi) is 2.95. The van der Waals surface area contributed by atoms with Gasteiger partial charge in [0, 0.05) is 24.4 Å². The van der Waals surface area contributed by atoms with Crippen molar-refractivity contribution in [2.24, 2.45) is 0 Å².